The SMILES string of the molecule is O=C(O)c1ccc(SN(Cc2ccccc2)c2ncc(C(F)(F)F)cc2Cl)cc1. The molecule has 150 valence electrons. The van der Waals surface area contributed by atoms with Gasteiger partial charge in [0.2, 0.25) is 0 Å². The van der Waals surface area contributed by atoms with Gasteiger partial charge in [0.1, 0.15) is 0 Å². The highest BCUT2D eigenvalue weighted by Crippen LogP contribution is 2.37. The Labute approximate surface area is 174 Å². The molecule has 1 aromatic heterocycles. The van der Waals surface area contributed by atoms with Gasteiger partial charge >= 0.3 is 12.1 Å². The van der Waals surface area contributed by atoms with Crippen molar-refractivity contribution in [1.29, 1.82) is 0 Å². The fraction of sp³-hybridized carbons (Fsp3) is 0.100. The molecule has 0 atom stereocenters. The topological polar surface area (TPSA) is 53.4 Å². The fourth-order valence-electron chi connectivity index (χ4n) is 2.45. The first-order valence-corrected chi connectivity index (χ1v) is 9.44. The van der Waals surface area contributed by atoms with Crippen molar-refractivity contribution in [2.24, 2.45) is 0 Å². The predicted molar refractivity (Wildman–Crippen MR) is 106 cm³/mol. The zero-order valence-electron chi connectivity index (χ0n) is 14.7. The molecule has 3 rings (SSSR count). The van der Waals surface area contributed by atoms with Crippen LogP contribution in [0.15, 0.2) is 71.8 Å². The standard InChI is InChI=1S/C20H14ClF3N2O2S/c21-17-10-15(20(22,23)24)11-25-18(17)26(12-13-4-2-1-3-5-13)29-16-8-6-14(7-9-16)19(27)28/h1-11H,12H2,(H,27,28). The quantitative estimate of drug-likeness (QED) is 0.467. The Bertz CT molecular complexity index is 999. The van der Waals surface area contributed by atoms with E-state index in [9.17, 15) is 18.0 Å². The zero-order valence-corrected chi connectivity index (χ0v) is 16.3. The number of pyridine rings is 1. The number of aromatic carboxylic acids is 1. The number of aromatic nitrogens is 1. The van der Waals surface area contributed by atoms with Gasteiger partial charge in [0.05, 0.1) is 22.7 Å². The summed E-state index contributed by atoms with van der Waals surface area (Å²) in [6, 6.07) is 16.3. The molecule has 0 aliphatic rings. The minimum absolute atomic E-state index is 0.134. The van der Waals surface area contributed by atoms with E-state index in [1.54, 1.807) is 16.4 Å². The molecule has 1 heterocycles. The van der Waals surface area contributed by atoms with Gasteiger partial charge < -0.3 is 5.11 Å². The molecule has 0 spiro atoms. The maximum Gasteiger partial charge on any atom is 0.417 e. The number of benzene rings is 2. The fourth-order valence-corrected chi connectivity index (χ4v) is 3.73. The Balaban J connectivity index is 1.93. The normalized spacial score (nSPS) is 11.3. The van der Waals surface area contributed by atoms with Crippen LogP contribution in [-0.2, 0) is 12.7 Å². The monoisotopic (exact) mass is 438 g/mol. The molecule has 0 aliphatic heterocycles. The second-order valence-electron chi connectivity index (χ2n) is 5.97. The van der Waals surface area contributed by atoms with E-state index in [-0.39, 0.29) is 16.4 Å². The van der Waals surface area contributed by atoms with Gasteiger partial charge in [-0.1, -0.05) is 41.9 Å². The van der Waals surface area contributed by atoms with Crippen LogP contribution >= 0.6 is 23.5 Å². The van der Waals surface area contributed by atoms with Gasteiger partial charge in [0.25, 0.3) is 0 Å². The summed E-state index contributed by atoms with van der Waals surface area (Å²) in [5.74, 6) is -0.869. The molecule has 1 N–H and O–H groups in total. The Kier molecular flexibility index (Phi) is 6.34. The number of alkyl halides is 3. The number of halogens is 4. The summed E-state index contributed by atoms with van der Waals surface area (Å²) >= 11 is 7.33. The lowest BCUT2D eigenvalue weighted by atomic mass is 10.2. The lowest BCUT2D eigenvalue weighted by Crippen LogP contribution is -2.16. The molecular formula is C20H14ClF3N2O2S. The molecule has 0 saturated carbocycles. The Morgan fingerprint density at radius 1 is 1.10 bits per heavy atom. The smallest absolute Gasteiger partial charge is 0.417 e. The second-order valence-corrected chi connectivity index (χ2v) is 7.47. The largest absolute Gasteiger partial charge is 0.478 e. The van der Waals surface area contributed by atoms with Crippen LogP contribution in [-0.4, -0.2) is 16.1 Å². The Morgan fingerprint density at radius 2 is 1.76 bits per heavy atom. The van der Waals surface area contributed by atoms with Crippen molar-refractivity contribution in [1.82, 2.24) is 4.98 Å². The van der Waals surface area contributed by atoms with Gasteiger partial charge in [-0.15, -0.1) is 0 Å². The number of carbonyl (C=O) groups is 1. The highest BCUT2D eigenvalue weighted by Gasteiger charge is 2.32. The van der Waals surface area contributed by atoms with Gasteiger partial charge in [0, 0.05) is 11.1 Å². The van der Waals surface area contributed by atoms with E-state index < -0.39 is 17.7 Å². The van der Waals surface area contributed by atoms with E-state index in [1.807, 2.05) is 30.3 Å². The van der Waals surface area contributed by atoms with E-state index in [1.165, 1.54) is 24.1 Å². The van der Waals surface area contributed by atoms with E-state index >= 15 is 0 Å². The average Bonchev–Trinajstić information content (AvgIpc) is 2.68. The van der Waals surface area contributed by atoms with Crippen molar-refractivity contribution >= 4 is 35.3 Å². The van der Waals surface area contributed by atoms with Crippen molar-refractivity contribution in [3.05, 3.63) is 88.6 Å². The van der Waals surface area contributed by atoms with Gasteiger partial charge in [-0.25, -0.2) is 9.78 Å². The molecule has 0 unspecified atom stereocenters. The molecule has 3 aromatic rings. The van der Waals surface area contributed by atoms with E-state index in [4.69, 9.17) is 16.7 Å². The van der Waals surface area contributed by atoms with Gasteiger partial charge in [-0.3, -0.25) is 4.31 Å². The molecule has 0 saturated heterocycles. The molecule has 29 heavy (non-hydrogen) atoms. The molecule has 4 nitrogen and oxygen atoms in total. The Hall–Kier alpha value is -2.71. The van der Waals surface area contributed by atoms with E-state index in [0.717, 1.165) is 17.8 Å². The maximum atomic E-state index is 12.9. The average molecular weight is 439 g/mol. The van der Waals surface area contributed by atoms with Gasteiger partial charge in [-0.05, 0) is 47.8 Å². The lowest BCUT2D eigenvalue weighted by Gasteiger charge is -2.24. The van der Waals surface area contributed by atoms with Crippen LogP contribution in [0.3, 0.4) is 0 Å². The third-order valence-corrected chi connectivity index (χ3v) is 5.15. The summed E-state index contributed by atoms with van der Waals surface area (Å²) in [7, 11) is 0. The summed E-state index contributed by atoms with van der Waals surface area (Å²) in [4.78, 5) is 15.6. The molecule has 0 aliphatic carbocycles. The summed E-state index contributed by atoms with van der Waals surface area (Å²) < 4.78 is 40.5. The number of hydrogen-bond acceptors (Lipinski definition) is 4. The van der Waals surface area contributed by atoms with Crippen molar-refractivity contribution in [3.8, 4) is 0 Å². The molecular weight excluding hydrogens is 425 g/mol. The first kappa shape index (κ1) is 21.0. The molecule has 9 heteroatoms. The second kappa shape index (κ2) is 8.75. The number of carboxylic acids is 1. The van der Waals surface area contributed by atoms with E-state index in [2.05, 4.69) is 4.98 Å². The van der Waals surface area contributed by atoms with Crippen LogP contribution in [0.1, 0.15) is 21.5 Å². The van der Waals surface area contributed by atoms with Crippen LogP contribution < -0.4 is 4.31 Å². The van der Waals surface area contributed by atoms with Crippen LogP contribution in [0.5, 0.6) is 0 Å². The summed E-state index contributed by atoms with van der Waals surface area (Å²) in [5.41, 5.74) is 0.108. The number of hydrogen-bond donors (Lipinski definition) is 1. The van der Waals surface area contributed by atoms with Crippen LogP contribution in [0, 0.1) is 0 Å². The minimum atomic E-state index is -4.54. The van der Waals surface area contributed by atoms with Crippen LogP contribution in [0.4, 0.5) is 19.0 Å². The number of carboxylic acid groups (broad SMARTS) is 1. The molecule has 0 fully saturated rings. The molecule has 2 aromatic carbocycles. The highest BCUT2D eigenvalue weighted by atomic mass is 35.5. The highest BCUT2D eigenvalue weighted by molar-refractivity contribution is 8.00. The van der Waals surface area contributed by atoms with Crippen molar-refractivity contribution in [3.63, 3.8) is 0 Å². The molecule has 0 bridgehead atoms. The third kappa shape index (κ3) is 5.42. The summed E-state index contributed by atoms with van der Waals surface area (Å²) in [6.07, 6.45) is -3.80. The lowest BCUT2D eigenvalue weighted by molar-refractivity contribution is -0.137. The summed E-state index contributed by atoms with van der Waals surface area (Å²) in [5, 5.41) is 8.89. The first-order chi connectivity index (χ1) is 13.7. The number of rotatable bonds is 6. The van der Waals surface area contributed by atoms with Crippen LogP contribution in [0.2, 0.25) is 5.02 Å². The number of anilines is 1. The van der Waals surface area contributed by atoms with Crippen molar-refractivity contribution < 1.29 is 23.1 Å². The zero-order chi connectivity index (χ0) is 21.0. The van der Waals surface area contributed by atoms with Gasteiger partial charge in [0.15, 0.2) is 5.82 Å². The minimum Gasteiger partial charge on any atom is -0.478 e. The van der Waals surface area contributed by atoms with Crippen molar-refractivity contribution in [2.45, 2.75) is 17.6 Å². The van der Waals surface area contributed by atoms with E-state index in [0.29, 0.717) is 11.4 Å². The van der Waals surface area contributed by atoms with Crippen molar-refractivity contribution in [2.75, 3.05) is 4.31 Å². The Morgan fingerprint density at radius 3 is 2.31 bits per heavy atom. The van der Waals surface area contributed by atoms with Gasteiger partial charge in [-0.2, -0.15) is 13.2 Å². The first-order valence-electron chi connectivity index (χ1n) is 8.29. The predicted octanol–water partition coefficient (Wildman–Crippen LogP) is 6.17. The maximum absolute atomic E-state index is 12.9. The number of nitrogens with zero attached hydrogens (tertiary/aromatic N) is 2. The summed E-state index contributed by atoms with van der Waals surface area (Å²) in [6.45, 7) is 0.324. The third-order valence-electron chi connectivity index (χ3n) is 3.87. The molecule has 0 radical (unpaired) electrons. The molecule has 0 amide bonds. The van der Waals surface area contributed by atoms with Crippen LogP contribution in [0.25, 0.3) is 0 Å².